The lowest BCUT2D eigenvalue weighted by Crippen LogP contribution is -2.20. The molecule has 0 bridgehead atoms. The van der Waals surface area contributed by atoms with Gasteiger partial charge in [-0.05, 0) is 18.6 Å². The number of rotatable bonds is 3. The Morgan fingerprint density at radius 3 is 2.72 bits per heavy atom. The van der Waals surface area contributed by atoms with E-state index in [1.54, 1.807) is 7.05 Å². The molecular formula is C11H13FN2O3S. The van der Waals surface area contributed by atoms with Crippen LogP contribution in [0.3, 0.4) is 0 Å². The van der Waals surface area contributed by atoms with Crippen molar-refractivity contribution in [2.75, 3.05) is 22.4 Å². The maximum absolute atomic E-state index is 13.7. The molecule has 1 aromatic rings. The average molecular weight is 272 g/mol. The molecule has 18 heavy (non-hydrogen) atoms. The predicted molar refractivity (Wildman–Crippen MR) is 66.6 cm³/mol. The second kappa shape index (κ2) is 4.24. The first-order valence-corrected chi connectivity index (χ1v) is 7.08. The summed E-state index contributed by atoms with van der Waals surface area (Å²) in [4.78, 5) is 12.8. The Morgan fingerprint density at radius 2 is 2.11 bits per heavy atom. The predicted octanol–water partition coefficient (Wildman–Crippen LogP) is 1.11. The van der Waals surface area contributed by atoms with Crippen molar-refractivity contribution in [3.63, 3.8) is 0 Å². The van der Waals surface area contributed by atoms with Gasteiger partial charge >= 0.3 is 0 Å². The summed E-state index contributed by atoms with van der Waals surface area (Å²) in [6, 6.07) is 2.55. The molecule has 0 aliphatic carbocycles. The quantitative estimate of drug-likeness (QED) is 0.896. The molecule has 0 radical (unpaired) electrons. The normalized spacial score (nSPS) is 14.8. The van der Waals surface area contributed by atoms with E-state index in [2.05, 4.69) is 4.72 Å². The third kappa shape index (κ3) is 2.17. The Balaban J connectivity index is 2.42. The first-order valence-electron chi connectivity index (χ1n) is 5.43. The number of carbonyl (C=O) groups is 1. The zero-order valence-corrected chi connectivity index (χ0v) is 10.8. The van der Waals surface area contributed by atoms with Crippen LogP contribution in [0.2, 0.25) is 0 Å². The number of likely N-dealkylation sites (N-methyl/N-ethyl adjacent to an activating group) is 1. The fourth-order valence-corrected chi connectivity index (χ4v) is 2.43. The number of fused-ring (bicyclic) bond motifs is 1. The first-order chi connectivity index (χ1) is 8.34. The van der Waals surface area contributed by atoms with Crippen molar-refractivity contribution >= 4 is 27.3 Å². The highest BCUT2D eigenvalue weighted by Crippen LogP contribution is 2.32. The van der Waals surface area contributed by atoms with Crippen molar-refractivity contribution in [2.45, 2.75) is 13.3 Å². The smallest absolute Gasteiger partial charge is 0.232 e. The van der Waals surface area contributed by atoms with Crippen molar-refractivity contribution in [2.24, 2.45) is 0 Å². The van der Waals surface area contributed by atoms with E-state index in [1.807, 2.05) is 0 Å². The summed E-state index contributed by atoms with van der Waals surface area (Å²) in [5.74, 6) is -0.963. The van der Waals surface area contributed by atoms with Crippen LogP contribution in [0.1, 0.15) is 12.5 Å². The summed E-state index contributed by atoms with van der Waals surface area (Å²) in [6.07, 6.45) is 0.160. The van der Waals surface area contributed by atoms with Crippen molar-refractivity contribution in [1.82, 2.24) is 0 Å². The van der Waals surface area contributed by atoms with Gasteiger partial charge in [-0.2, -0.15) is 0 Å². The summed E-state index contributed by atoms with van der Waals surface area (Å²) >= 11 is 0. The fraction of sp³-hybridized carbons (Fsp3) is 0.364. The van der Waals surface area contributed by atoms with Crippen LogP contribution in [-0.4, -0.2) is 27.1 Å². The lowest BCUT2D eigenvalue weighted by molar-refractivity contribution is -0.117. The Labute approximate surface area is 105 Å². The summed E-state index contributed by atoms with van der Waals surface area (Å²) < 4.78 is 38.7. The van der Waals surface area contributed by atoms with Gasteiger partial charge in [0, 0.05) is 13.1 Å². The Hall–Kier alpha value is -1.63. The third-order valence-corrected chi connectivity index (χ3v) is 4.18. The standard InChI is InChI=1S/C11H13FN2O3S/c1-3-18(16,17)13-9-4-7-5-11(15)14(2)10(7)6-8(9)12/h4,6,13H,3,5H2,1-2H3. The number of hydrogen-bond acceptors (Lipinski definition) is 3. The molecule has 1 aromatic carbocycles. The Morgan fingerprint density at radius 1 is 1.44 bits per heavy atom. The van der Waals surface area contributed by atoms with Gasteiger partial charge in [0.05, 0.1) is 23.5 Å². The molecule has 0 atom stereocenters. The van der Waals surface area contributed by atoms with E-state index in [1.165, 1.54) is 24.0 Å². The molecule has 0 unspecified atom stereocenters. The zero-order valence-electron chi connectivity index (χ0n) is 10.0. The van der Waals surface area contributed by atoms with Crippen LogP contribution < -0.4 is 9.62 Å². The highest BCUT2D eigenvalue weighted by atomic mass is 32.2. The number of sulfonamides is 1. The number of hydrogen-bond donors (Lipinski definition) is 1. The van der Waals surface area contributed by atoms with E-state index >= 15 is 0 Å². The minimum Gasteiger partial charge on any atom is -0.315 e. The molecule has 7 heteroatoms. The van der Waals surface area contributed by atoms with Gasteiger partial charge in [-0.3, -0.25) is 9.52 Å². The van der Waals surface area contributed by atoms with Crippen LogP contribution in [0.15, 0.2) is 12.1 Å². The van der Waals surface area contributed by atoms with Gasteiger partial charge in [0.2, 0.25) is 15.9 Å². The molecule has 5 nitrogen and oxygen atoms in total. The van der Waals surface area contributed by atoms with Crippen molar-refractivity contribution < 1.29 is 17.6 Å². The molecule has 0 spiro atoms. The Kier molecular flexibility index (Phi) is 3.02. The number of nitrogens with zero attached hydrogens (tertiary/aromatic N) is 1. The molecule has 2 rings (SSSR count). The number of benzene rings is 1. The third-order valence-electron chi connectivity index (χ3n) is 2.89. The Bertz CT molecular complexity index is 613. The molecule has 1 amide bonds. The van der Waals surface area contributed by atoms with Crippen LogP contribution in [0.4, 0.5) is 15.8 Å². The molecule has 0 fully saturated rings. The number of nitrogens with one attached hydrogen (secondary N) is 1. The average Bonchev–Trinajstić information content (AvgIpc) is 2.56. The molecule has 0 aromatic heterocycles. The maximum atomic E-state index is 13.7. The molecule has 1 aliphatic rings. The van der Waals surface area contributed by atoms with Crippen molar-refractivity contribution in [3.05, 3.63) is 23.5 Å². The maximum Gasteiger partial charge on any atom is 0.232 e. The molecule has 0 saturated carbocycles. The lowest BCUT2D eigenvalue weighted by atomic mass is 10.1. The highest BCUT2D eigenvalue weighted by molar-refractivity contribution is 7.92. The van der Waals surface area contributed by atoms with Gasteiger partial charge in [-0.1, -0.05) is 0 Å². The minimum atomic E-state index is -3.53. The molecule has 0 saturated heterocycles. The molecule has 1 N–H and O–H groups in total. The van der Waals surface area contributed by atoms with E-state index < -0.39 is 15.8 Å². The molecule has 1 aliphatic heterocycles. The molecule has 1 heterocycles. The topological polar surface area (TPSA) is 66.5 Å². The summed E-state index contributed by atoms with van der Waals surface area (Å²) in [5.41, 5.74) is 0.994. The van der Waals surface area contributed by atoms with Gasteiger partial charge in [0.25, 0.3) is 0 Å². The summed E-state index contributed by atoms with van der Waals surface area (Å²) in [5, 5.41) is 0. The summed E-state index contributed by atoms with van der Waals surface area (Å²) in [6.45, 7) is 1.46. The first kappa shape index (κ1) is 12.8. The van der Waals surface area contributed by atoms with Gasteiger partial charge in [0.15, 0.2) is 0 Å². The zero-order chi connectivity index (χ0) is 13.5. The molecular weight excluding hydrogens is 259 g/mol. The van der Waals surface area contributed by atoms with Crippen molar-refractivity contribution in [3.8, 4) is 0 Å². The molecule has 98 valence electrons. The van der Waals surface area contributed by atoms with E-state index in [9.17, 15) is 17.6 Å². The number of carbonyl (C=O) groups excluding carboxylic acids is 1. The largest absolute Gasteiger partial charge is 0.315 e. The van der Waals surface area contributed by atoms with Gasteiger partial charge in [-0.15, -0.1) is 0 Å². The SMILES string of the molecule is CCS(=O)(=O)Nc1cc2c(cc1F)N(C)C(=O)C2. The number of anilines is 2. The van der Waals surface area contributed by atoms with Gasteiger partial charge in [-0.25, -0.2) is 12.8 Å². The van der Waals surface area contributed by atoms with Crippen molar-refractivity contribution in [1.29, 1.82) is 0 Å². The van der Waals surface area contributed by atoms with Crippen LogP contribution in [0.5, 0.6) is 0 Å². The fourth-order valence-electron chi connectivity index (χ4n) is 1.80. The monoisotopic (exact) mass is 272 g/mol. The number of halogens is 1. The summed E-state index contributed by atoms with van der Waals surface area (Å²) in [7, 11) is -1.97. The van der Waals surface area contributed by atoms with Crippen LogP contribution in [0, 0.1) is 5.82 Å². The van der Waals surface area contributed by atoms with E-state index in [-0.39, 0.29) is 23.8 Å². The van der Waals surface area contributed by atoms with Crippen LogP contribution in [0.25, 0.3) is 0 Å². The van der Waals surface area contributed by atoms with Crippen LogP contribution in [-0.2, 0) is 21.2 Å². The van der Waals surface area contributed by atoms with Crippen LogP contribution >= 0.6 is 0 Å². The van der Waals surface area contributed by atoms with Gasteiger partial charge < -0.3 is 4.90 Å². The number of amides is 1. The lowest BCUT2D eigenvalue weighted by Gasteiger charge is -2.12. The van der Waals surface area contributed by atoms with E-state index in [0.717, 1.165) is 0 Å². The second-order valence-electron chi connectivity index (χ2n) is 4.10. The minimum absolute atomic E-state index is 0.112. The van der Waals surface area contributed by atoms with E-state index in [0.29, 0.717) is 11.3 Å². The highest BCUT2D eigenvalue weighted by Gasteiger charge is 2.26. The van der Waals surface area contributed by atoms with E-state index in [4.69, 9.17) is 0 Å². The van der Waals surface area contributed by atoms with Gasteiger partial charge in [0.1, 0.15) is 5.82 Å². The second-order valence-corrected chi connectivity index (χ2v) is 6.11.